The fraction of sp³-hybridized carbons (Fsp3) is 0.727. The molecule has 1 saturated carbocycles. The van der Waals surface area contributed by atoms with Crippen LogP contribution < -0.4 is 5.32 Å². The van der Waals surface area contributed by atoms with Crippen molar-refractivity contribution in [3.8, 4) is 0 Å². The summed E-state index contributed by atoms with van der Waals surface area (Å²) in [6, 6.07) is 0.635. The standard InChI is InChI=1S/C11H18N2S2/c1-3-8-7-15-11(12-8)13-9-5-4-6-10(9)14-2/h7,9-10H,3-6H2,1-2H3,(H,12,13). The molecule has 1 aliphatic rings. The summed E-state index contributed by atoms with van der Waals surface area (Å²) in [5.41, 5.74) is 1.21. The van der Waals surface area contributed by atoms with E-state index in [4.69, 9.17) is 0 Å². The molecule has 2 unspecified atom stereocenters. The van der Waals surface area contributed by atoms with Crippen LogP contribution in [0.4, 0.5) is 5.13 Å². The third-order valence-corrected chi connectivity index (χ3v) is 4.97. The Morgan fingerprint density at radius 2 is 2.47 bits per heavy atom. The number of thioether (sulfide) groups is 1. The van der Waals surface area contributed by atoms with E-state index in [1.807, 2.05) is 11.8 Å². The number of anilines is 1. The Labute approximate surface area is 99.9 Å². The fourth-order valence-corrected chi connectivity index (χ4v) is 3.86. The van der Waals surface area contributed by atoms with Gasteiger partial charge in [-0.15, -0.1) is 11.3 Å². The normalized spacial score (nSPS) is 25.7. The maximum absolute atomic E-state index is 4.56. The highest BCUT2D eigenvalue weighted by molar-refractivity contribution is 7.99. The minimum absolute atomic E-state index is 0.635. The number of hydrogen-bond acceptors (Lipinski definition) is 4. The first-order chi connectivity index (χ1) is 7.33. The third kappa shape index (κ3) is 2.67. The highest BCUT2D eigenvalue weighted by atomic mass is 32.2. The van der Waals surface area contributed by atoms with E-state index in [0.717, 1.165) is 16.8 Å². The summed E-state index contributed by atoms with van der Waals surface area (Å²) in [6.07, 6.45) is 7.26. The van der Waals surface area contributed by atoms with E-state index in [2.05, 4.69) is 28.9 Å². The van der Waals surface area contributed by atoms with Crippen molar-refractivity contribution < 1.29 is 0 Å². The van der Waals surface area contributed by atoms with E-state index < -0.39 is 0 Å². The lowest BCUT2D eigenvalue weighted by Crippen LogP contribution is -2.25. The average Bonchev–Trinajstić information content (AvgIpc) is 2.87. The van der Waals surface area contributed by atoms with Crippen LogP contribution in [-0.4, -0.2) is 22.5 Å². The van der Waals surface area contributed by atoms with Gasteiger partial charge >= 0.3 is 0 Å². The van der Waals surface area contributed by atoms with Crippen molar-refractivity contribution >= 4 is 28.2 Å². The monoisotopic (exact) mass is 242 g/mol. The van der Waals surface area contributed by atoms with E-state index in [1.165, 1.54) is 25.0 Å². The molecule has 2 rings (SSSR count). The number of hydrogen-bond donors (Lipinski definition) is 1. The van der Waals surface area contributed by atoms with Gasteiger partial charge in [-0.25, -0.2) is 4.98 Å². The van der Waals surface area contributed by atoms with Gasteiger partial charge in [0.1, 0.15) is 0 Å². The van der Waals surface area contributed by atoms with Gasteiger partial charge in [-0.2, -0.15) is 11.8 Å². The van der Waals surface area contributed by atoms with E-state index in [0.29, 0.717) is 6.04 Å². The van der Waals surface area contributed by atoms with Crippen molar-refractivity contribution in [3.63, 3.8) is 0 Å². The molecule has 1 N–H and O–H groups in total. The van der Waals surface area contributed by atoms with Gasteiger partial charge in [-0.3, -0.25) is 0 Å². The second-order valence-corrected chi connectivity index (χ2v) is 5.89. The Morgan fingerprint density at radius 1 is 1.60 bits per heavy atom. The smallest absolute Gasteiger partial charge is 0.183 e. The van der Waals surface area contributed by atoms with Gasteiger partial charge in [0.05, 0.1) is 5.69 Å². The molecular weight excluding hydrogens is 224 g/mol. The zero-order chi connectivity index (χ0) is 10.7. The molecular formula is C11H18N2S2. The quantitative estimate of drug-likeness (QED) is 0.876. The molecule has 0 amide bonds. The molecule has 1 fully saturated rings. The Balaban J connectivity index is 1.95. The average molecular weight is 242 g/mol. The lowest BCUT2D eigenvalue weighted by atomic mass is 10.2. The molecule has 0 aromatic carbocycles. The molecule has 0 spiro atoms. The summed E-state index contributed by atoms with van der Waals surface area (Å²) in [5.74, 6) is 0. The number of aromatic nitrogens is 1. The van der Waals surface area contributed by atoms with Crippen LogP contribution in [0.2, 0.25) is 0 Å². The zero-order valence-electron chi connectivity index (χ0n) is 9.32. The van der Waals surface area contributed by atoms with Gasteiger partial charge in [-0.1, -0.05) is 13.3 Å². The van der Waals surface area contributed by atoms with Gasteiger partial charge < -0.3 is 5.32 Å². The predicted molar refractivity (Wildman–Crippen MR) is 70.1 cm³/mol. The zero-order valence-corrected chi connectivity index (χ0v) is 11.0. The molecule has 0 bridgehead atoms. The van der Waals surface area contributed by atoms with Crippen molar-refractivity contribution in [1.82, 2.24) is 4.98 Å². The molecule has 2 atom stereocenters. The van der Waals surface area contributed by atoms with Crippen LogP contribution in [0.15, 0.2) is 5.38 Å². The van der Waals surface area contributed by atoms with Crippen molar-refractivity contribution in [1.29, 1.82) is 0 Å². The first-order valence-electron chi connectivity index (χ1n) is 5.57. The lowest BCUT2D eigenvalue weighted by molar-refractivity contribution is 0.766. The highest BCUT2D eigenvalue weighted by Crippen LogP contribution is 2.31. The van der Waals surface area contributed by atoms with E-state index in [1.54, 1.807) is 11.3 Å². The second kappa shape index (κ2) is 5.21. The maximum Gasteiger partial charge on any atom is 0.183 e. The Bertz CT molecular complexity index is 311. The molecule has 1 aromatic heterocycles. The van der Waals surface area contributed by atoms with Crippen molar-refractivity contribution in [2.75, 3.05) is 11.6 Å². The summed E-state index contributed by atoms with van der Waals surface area (Å²) in [7, 11) is 0. The van der Waals surface area contributed by atoms with Gasteiger partial charge in [0.2, 0.25) is 0 Å². The molecule has 84 valence electrons. The van der Waals surface area contributed by atoms with Gasteiger partial charge in [0.25, 0.3) is 0 Å². The van der Waals surface area contributed by atoms with Crippen LogP contribution in [0.3, 0.4) is 0 Å². The number of aryl methyl sites for hydroxylation is 1. The first-order valence-corrected chi connectivity index (χ1v) is 7.74. The predicted octanol–water partition coefficient (Wildman–Crippen LogP) is 3.40. The molecule has 0 radical (unpaired) electrons. The van der Waals surface area contributed by atoms with Crippen LogP contribution in [0.1, 0.15) is 31.9 Å². The summed E-state index contributed by atoms with van der Waals surface area (Å²) in [5, 5.41) is 7.63. The van der Waals surface area contributed by atoms with E-state index in [9.17, 15) is 0 Å². The maximum atomic E-state index is 4.56. The van der Waals surface area contributed by atoms with E-state index in [-0.39, 0.29) is 0 Å². The van der Waals surface area contributed by atoms with Gasteiger partial charge in [0, 0.05) is 16.7 Å². The summed E-state index contributed by atoms with van der Waals surface area (Å²) in [6.45, 7) is 2.15. The summed E-state index contributed by atoms with van der Waals surface area (Å²) in [4.78, 5) is 4.56. The minimum Gasteiger partial charge on any atom is -0.358 e. The molecule has 2 nitrogen and oxygen atoms in total. The lowest BCUT2D eigenvalue weighted by Gasteiger charge is -2.18. The molecule has 0 aliphatic heterocycles. The fourth-order valence-electron chi connectivity index (χ4n) is 2.07. The number of thiazole rings is 1. The Hall–Kier alpha value is -0.220. The molecule has 1 aliphatic carbocycles. The summed E-state index contributed by atoms with van der Waals surface area (Å²) >= 11 is 3.73. The molecule has 15 heavy (non-hydrogen) atoms. The van der Waals surface area contributed by atoms with Crippen molar-refractivity contribution in [2.24, 2.45) is 0 Å². The SMILES string of the molecule is CCc1csc(NC2CCCC2SC)n1. The highest BCUT2D eigenvalue weighted by Gasteiger charge is 2.26. The van der Waals surface area contributed by atoms with Crippen LogP contribution in [0, 0.1) is 0 Å². The van der Waals surface area contributed by atoms with Crippen LogP contribution in [0.25, 0.3) is 0 Å². The number of nitrogens with zero attached hydrogens (tertiary/aromatic N) is 1. The largest absolute Gasteiger partial charge is 0.358 e. The molecule has 1 heterocycles. The number of nitrogens with one attached hydrogen (secondary N) is 1. The van der Waals surface area contributed by atoms with Crippen LogP contribution >= 0.6 is 23.1 Å². The molecule has 1 aromatic rings. The Morgan fingerprint density at radius 3 is 3.13 bits per heavy atom. The topological polar surface area (TPSA) is 24.9 Å². The van der Waals surface area contributed by atoms with Crippen LogP contribution in [-0.2, 0) is 6.42 Å². The van der Waals surface area contributed by atoms with Gasteiger partial charge in [-0.05, 0) is 25.5 Å². The summed E-state index contributed by atoms with van der Waals surface area (Å²) < 4.78 is 0. The molecule has 4 heteroatoms. The van der Waals surface area contributed by atoms with E-state index >= 15 is 0 Å². The molecule has 0 saturated heterocycles. The van der Waals surface area contributed by atoms with Crippen molar-refractivity contribution in [3.05, 3.63) is 11.1 Å². The third-order valence-electron chi connectivity index (χ3n) is 2.98. The van der Waals surface area contributed by atoms with Gasteiger partial charge in [0.15, 0.2) is 5.13 Å². The minimum atomic E-state index is 0.635. The Kier molecular flexibility index (Phi) is 3.92. The van der Waals surface area contributed by atoms with Crippen molar-refractivity contribution in [2.45, 2.75) is 43.9 Å². The van der Waals surface area contributed by atoms with Crippen LogP contribution in [0.5, 0.6) is 0 Å². The first kappa shape index (κ1) is 11.3. The number of rotatable bonds is 4. The second-order valence-electron chi connectivity index (χ2n) is 3.95.